The van der Waals surface area contributed by atoms with Gasteiger partial charge in [-0.3, -0.25) is 0 Å². The molecule has 0 saturated heterocycles. The van der Waals surface area contributed by atoms with Crippen molar-refractivity contribution in [2.75, 3.05) is 13.2 Å². The highest BCUT2D eigenvalue weighted by Crippen LogP contribution is 2.44. The Balaban J connectivity index is 1.81. The number of hydrogen-bond donors (Lipinski definition) is 1. The van der Waals surface area contributed by atoms with Crippen LogP contribution in [-0.2, 0) is 0 Å². The highest BCUT2D eigenvalue weighted by molar-refractivity contribution is 6.30. The van der Waals surface area contributed by atoms with Crippen LogP contribution in [0.5, 0.6) is 5.75 Å². The normalized spacial score (nSPS) is 15.8. The molecule has 0 spiro atoms. The monoisotopic (exact) mass is 306 g/mol. The fourth-order valence-corrected chi connectivity index (χ4v) is 2.29. The maximum Gasteiger partial charge on any atom is 0.220 e. The predicted molar refractivity (Wildman–Crippen MR) is 80.9 cm³/mol. The minimum absolute atomic E-state index is 0.106. The van der Waals surface area contributed by atoms with E-state index in [0.717, 1.165) is 18.4 Å². The van der Waals surface area contributed by atoms with Crippen molar-refractivity contribution in [1.82, 2.24) is 4.98 Å². The van der Waals surface area contributed by atoms with Crippen molar-refractivity contribution in [3.63, 3.8) is 0 Å². The Bertz CT molecular complexity index is 641. The average molecular weight is 307 g/mol. The Hall–Kier alpha value is -1.65. The number of ether oxygens (including phenoxy) is 1. The lowest BCUT2D eigenvalue weighted by atomic mass is 10.1. The van der Waals surface area contributed by atoms with Crippen LogP contribution in [0.15, 0.2) is 36.5 Å². The largest absolute Gasteiger partial charge is 0.491 e. The van der Waals surface area contributed by atoms with Crippen LogP contribution in [0.4, 0.5) is 4.39 Å². The Morgan fingerprint density at radius 1 is 1.29 bits per heavy atom. The van der Waals surface area contributed by atoms with Crippen molar-refractivity contribution in [2.45, 2.75) is 12.8 Å². The molecule has 1 aromatic heterocycles. The summed E-state index contributed by atoms with van der Waals surface area (Å²) in [4.78, 5) is 3.77. The lowest BCUT2D eigenvalue weighted by Crippen LogP contribution is -2.22. The van der Waals surface area contributed by atoms with E-state index in [2.05, 4.69) is 4.98 Å². The predicted octanol–water partition coefficient (Wildman–Crippen LogP) is 3.66. The molecule has 2 N–H and O–H groups in total. The molecule has 0 bridgehead atoms. The van der Waals surface area contributed by atoms with Crippen molar-refractivity contribution in [3.05, 3.63) is 47.5 Å². The first-order valence-corrected chi connectivity index (χ1v) is 7.24. The molecular formula is C16H16ClFN2O. The molecule has 1 fully saturated rings. The summed E-state index contributed by atoms with van der Waals surface area (Å²) in [5.74, 6) is 0.0331. The van der Waals surface area contributed by atoms with Crippen molar-refractivity contribution < 1.29 is 9.13 Å². The maximum atomic E-state index is 13.9. The van der Waals surface area contributed by atoms with Gasteiger partial charge in [0.1, 0.15) is 5.75 Å². The molecule has 110 valence electrons. The zero-order valence-corrected chi connectivity index (χ0v) is 12.2. The Labute approximate surface area is 127 Å². The van der Waals surface area contributed by atoms with Crippen LogP contribution in [0, 0.1) is 11.4 Å². The quantitative estimate of drug-likeness (QED) is 0.858. The van der Waals surface area contributed by atoms with Crippen LogP contribution in [0.3, 0.4) is 0 Å². The third-order valence-corrected chi connectivity index (χ3v) is 4.16. The van der Waals surface area contributed by atoms with Crippen LogP contribution in [0.1, 0.15) is 12.8 Å². The summed E-state index contributed by atoms with van der Waals surface area (Å²) in [5, 5.41) is 0.609. The second-order valence-electron chi connectivity index (χ2n) is 5.51. The summed E-state index contributed by atoms with van der Waals surface area (Å²) in [7, 11) is 0. The zero-order chi connectivity index (χ0) is 14.9. The van der Waals surface area contributed by atoms with Gasteiger partial charge >= 0.3 is 0 Å². The summed E-state index contributed by atoms with van der Waals surface area (Å²) >= 11 is 5.85. The van der Waals surface area contributed by atoms with Gasteiger partial charge in [-0.15, -0.1) is 0 Å². The first-order valence-electron chi connectivity index (χ1n) is 6.86. The number of nitrogens with zero attached hydrogens (tertiary/aromatic N) is 1. The summed E-state index contributed by atoms with van der Waals surface area (Å²) in [6, 6.07) is 8.62. The van der Waals surface area contributed by atoms with E-state index in [4.69, 9.17) is 22.1 Å². The van der Waals surface area contributed by atoms with E-state index in [1.54, 1.807) is 30.3 Å². The highest BCUT2D eigenvalue weighted by atomic mass is 35.5. The molecule has 0 aliphatic heterocycles. The third kappa shape index (κ3) is 3.17. The van der Waals surface area contributed by atoms with Gasteiger partial charge in [0.15, 0.2) is 0 Å². The lowest BCUT2D eigenvalue weighted by Gasteiger charge is -2.14. The molecule has 5 heteroatoms. The summed E-state index contributed by atoms with van der Waals surface area (Å²) in [6.45, 7) is 1.17. The van der Waals surface area contributed by atoms with Crippen molar-refractivity contribution in [1.29, 1.82) is 0 Å². The molecule has 3 rings (SSSR count). The number of halogens is 2. The minimum atomic E-state index is -0.523. The van der Waals surface area contributed by atoms with Crippen molar-refractivity contribution in [3.8, 4) is 16.9 Å². The highest BCUT2D eigenvalue weighted by Gasteiger charge is 2.42. The molecule has 3 nitrogen and oxygen atoms in total. The number of nitrogens with two attached hydrogens (primary N) is 1. The van der Waals surface area contributed by atoms with Crippen LogP contribution in [-0.4, -0.2) is 18.1 Å². The Morgan fingerprint density at radius 3 is 2.62 bits per heavy atom. The fraction of sp³-hybridized carbons (Fsp3) is 0.312. The standard InChI is InChI=1S/C16H16ClFN2O/c17-12-3-1-11(2-4-12)14-7-13(8-20-15(14)18)21-10-16(9-19)5-6-16/h1-4,7-8H,5-6,9-10,19H2. The van der Waals surface area contributed by atoms with Crippen molar-refractivity contribution >= 4 is 11.6 Å². The number of hydrogen-bond acceptors (Lipinski definition) is 3. The molecule has 0 unspecified atom stereocenters. The number of benzene rings is 1. The minimum Gasteiger partial charge on any atom is -0.491 e. The molecule has 1 aromatic carbocycles. The van der Waals surface area contributed by atoms with Crippen LogP contribution < -0.4 is 10.5 Å². The molecule has 1 heterocycles. The summed E-state index contributed by atoms with van der Waals surface area (Å²) in [6.07, 6.45) is 3.58. The molecule has 0 radical (unpaired) electrons. The Kier molecular flexibility index (Phi) is 3.83. The molecular weight excluding hydrogens is 291 g/mol. The van der Waals surface area contributed by atoms with Crippen molar-refractivity contribution in [2.24, 2.45) is 11.1 Å². The molecule has 0 atom stereocenters. The second kappa shape index (κ2) is 5.62. The van der Waals surface area contributed by atoms with E-state index in [9.17, 15) is 4.39 Å². The number of aromatic nitrogens is 1. The molecule has 0 amide bonds. The van der Waals surface area contributed by atoms with E-state index in [1.807, 2.05) is 0 Å². The van der Waals surface area contributed by atoms with Gasteiger partial charge in [0.2, 0.25) is 5.95 Å². The molecule has 21 heavy (non-hydrogen) atoms. The van der Waals surface area contributed by atoms with Crippen LogP contribution >= 0.6 is 11.6 Å². The van der Waals surface area contributed by atoms with E-state index in [-0.39, 0.29) is 5.41 Å². The molecule has 1 saturated carbocycles. The first kappa shape index (κ1) is 14.3. The van der Waals surface area contributed by atoms with Gasteiger partial charge < -0.3 is 10.5 Å². The first-order chi connectivity index (χ1) is 10.1. The maximum absolute atomic E-state index is 13.9. The summed E-state index contributed by atoms with van der Waals surface area (Å²) in [5.41, 5.74) is 6.95. The van der Waals surface area contributed by atoms with Crippen LogP contribution in [0.25, 0.3) is 11.1 Å². The van der Waals surface area contributed by atoms with Gasteiger partial charge in [-0.05, 0) is 36.6 Å². The smallest absolute Gasteiger partial charge is 0.220 e. The molecule has 1 aliphatic carbocycles. The second-order valence-corrected chi connectivity index (χ2v) is 5.95. The average Bonchev–Trinajstić information content (AvgIpc) is 3.28. The molecule has 2 aromatic rings. The van der Waals surface area contributed by atoms with Gasteiger partial charge in [0, 0.05) is 22.5 Å². The molecule has 1 aliphatic rings. The summed E-state index contributed by atoms with van der Waals surface area (Å²) < 4.78 is 19.6. The van der Waals surface area contributed by atoms with E-state index in [0.29, 0.717) is 29.5 Å². The Morgan fingerprint density at radius 2 is 2.00 bits per heavy atom. The van der Waals surface area contributed by atoms with Gasteiger partial charge in [-0.1, -0.05) is 23.7 Å². The topological polar surface area (TPSA) is 48.1 Å². The third-order valence-electron chi connectivity index (χ3n) is 3.90. The number of pyridine rings is 1. The van der Waals surface area contributed by atoms with Crippen LogP contribution in [0.2, 0.25) is 5.02 Å². The van der Waals surface area contributed by atoms with E-state index < -0.39 is 5.95 Å². The van der Waals surface area contributed by atoms with Gasteiger partial charge in [-0.25, -0.2) is 4.98 Å². The fourth-order valence-electron chi connectivity index (χ4n) is 2.16. The van der Waals surface area contributed by atoms with E-state index >= 15 is 0 Å². The lowest BCUT2D eigenvalue weighted by molar-refractivity contribution is 0.237. The van der Waals surface area contributed by atoms with Gasteiger partial charge in [0.25, 0.3) is 0 Å². The zero-order valence-electron chi connectivity index (χ0n) is 11.5. The number of rotatable bonds is 5. The van der Waals surface area contributed by atoms with E-state index in [1.165, 1.54) is 6.20 Å². The van der Waals surface area contributed by atoms with Gasteiger partial charge in [0.05, 0.1) is 12.8 Å². The van der Waals surface area contributed by atoms with Gasteiger partial charge in [-0.2, -0.15) is 4.39 Å². The SMILES string of the molecule is NCC1(COc2cnc(F)c(-c3ccc(Cl)cc3)c2)CC1.